The van der Waals surface area contributed by atoms with Gasteiger partial charge in [-0.15, -0.1) is 0 Å². The first-order valence-corrected chi connectivity index (χ1v) is 5.80. The number of unbranched alkanes of at least 4 members (excludes halogenated alkanes) is 1. The van der Waals surface area contributed by atoms with Crippen LogP contribution in [-0.4, -0.2) is 6.54 Å². The van der Waals surface area contributed by atoms with E-state index in [4.69, 9.17) is 0 Å². The van der Waals surface area contributed by atoms with Crippen LogP contribution >= 0.6 is 11.9 Å². The van der Waals surface area contributed by atoms with Crippen molar-refractivity contribution in [2.24, 2.45) is 0 Å². The number of rotatable bonds is 6. The summed E-state index contributed by atoms with van der Waals surface area (Å²) >= 11 is 1.80. The van der Waals surface area contributed by atoms with Crippen molar-refractivity contribution in [1.29, 1.82) is 0 Å². The SMILES string of the molecule is CCCCNSCc1ccccc1. The summed E-state index contributed by atoms with van der Waals surface area (Å²) in [5, 5.41) is 0. The minimum absolute atomic E-state index is 1.06. The second-order valence-corrected chi connectivity index (χ2v) is 3.89. The molecule has 1 aromatic carbocycles. The third-order valence-electron chi connectivity index (χ3n) is 1.82. The molecule has 0 radical (unpaired) electrons. The molecule has 0 aliphatic carbocycles. The predicted molar refractivity (Wildman–Crippen MR) is 60.6 cm³/mol. The number of benzene rings is 1. The summed E-state index contributed by atoms with van der Waals surface area (Å²) in [6.45, 7) is 3.33. The Labute approximate surface area is 85.1 Å². The average molecular weight is 195 g/mol. The Morgan fingerprint density at radius 1 is 1.23 bits per heavy atom. The van der Waals surface area contributed by atoms with E-state index in [0.29, 0.717) is 0 Å². The van der Waals surface area contributed by atoms with Crippen molar-refractivity contribution in [2.45, 2.75) is 25.5 Å². The molecule has 0 atom stereocenters. The van der Waals surface area contributed by atoms with Crippen molar-refractivity contribution in [2.75, 3.05) is 6.54 Å². The van der Waals surface area contributed by atoms with E-state index < -0.39 is 0 Å². The Balaban J connectivity index is 2.07. The third-order valence-corrected chi connectivity index (χ3v) is 2.70. The summed E-state index contributed by atoms with van der Waals surface area (Å²) < 4.78 is 3.35. The largest absolute Gasteiger partial charge is 0.264 e. The van der Waals surface area contributed by atoms with Crippen molar-refractivity contribution in [1.82, 2.24) is 4.72 Å². The van der Waals surface area contributed by atoms with Gasteiger partial charge in [0.15, 0.2) is 0 Å². The molecule has 0 amide bonds. The Morgan fingerprint density at radius 3 is 2.69 bits per heavy atom. The number of nitrogens with one attached hydrogen (secondary N) is 1. The van der Waals surface area contributed by atoms with E-state index in [9.17, 15) is 0 Å². The van der Waals surface area contributed by atoms with Crippen LogP contribution < -0.4 is 4.72 Å². The lowest BCUT2D eigenvalue weighted by Gasteiger charge is -2.02. The molecule has 2 heteroatoms. The molecule has 1 N–H and O–H groups in total. The van der Waals surface area contributed by atoms with Gasteiger partial charge in [0.25, 0.3) is 0 Å². The van der Waals surface area contributed by atoms with Gasteiger partial charge >= 0.3 is 0 Å². The Bertz CT molecular complexity index is 211. The minimum Gasteiger partial charge on any atom is -0.264 e. The molecule has 13 heavy (non-hydrogen) atoms. The molecular formula is C11H17NS. The summed E-state index contributed by atoms with van der Waals surface area (Å²) in [4.78, 5) is 0. The van der Waals surface area contributed by atoms with Gasteiger partial charge in [0.2, 0.25) is 0 Å². The monoisotopic (exact) mass is 195 g/mol. The highest BCUT2D eigenvalue weighted by Gasteiger charge is 1.90. The van der Waals surface area contributed by atoms with Crippen molar-refractivity contribution < 1.29 is 0 Å². The van der Waals surface area contributed by atoms with E-state index >= 15 is 0 Å². The van der Waals surface area contributed by atoms with E-state index in [1.165, 1.54) is 18.4 Å². The maximum Gasteiger partial charge on any atom is 0.0330 e. The van der Waals surface area contributed by atoms with E-state index in [1.807, 2.05) is 0 Å². The van der Waals surface area contributed by atoms with Crippen LogP contribution in [0.2, 0.25) is 0 Å². The zero-order chi connectivity index (χ0) is 9.36. The smallest absolute Gasteiger partial charge is 0.0330 e. The second-order valence-electron chi connectivity index (χ2n) is 3.02. The van der Waals surface area contributed by atoms with Crippen LogP contribution in [0.5, 0.6) is 0 Å². The Hall–Kier alpha value is -0.470. The summed E-state index contributed by atoms with van der Waals surface area (Å²) in [5.41, 5.74) is 1.39. The molecule has 0 unspecified atom stereocenters. The molecule has 72 valence electrons. The average Bonchev–Trinajstić information content (AvgIpc) is 2.19. The fraction of sp³-hybridized carbons (Fsp3) is 0.455. The molecule has 1 nitrogen and oxygen atoms in total. The van der Waals surface area contributed by atoms with Crippen molar-refractivity contribution in [3.63, 3.8) is 0 Å². The zero-order valence-corrected chi connectivity index (χ0v) is 8.94. The molecule has 0 saturated heterocycles. The fourth-order valence-electron chi connectivity index (χ4n) is 1.03. The van der Waals surface area contributed by atoms with Crippen LogP contribution in [0.25, 0.3) is 0 Å². The molecule has 0 spiro atoms. The zero-order valence-electron chi connectivity index (χ0n) is 8.12. The van der Waals surface area contributed by atoms with Crippen molar-refractivity contribution >= 4 is 11.9 Å². The minimum atomic E-state index is 1.06. The van der Waals surface area contributed by atoms with Crippen LogP contribution in [0.1, 0.15) is 25.3 Å². The van der Waals surface area contributed by atoms with Gasteiger partial charge in [-0.1, -0.05) is 55.6 Å². The maximum absolute atomic E-state index is 3.35. The molecule has 0 fully saturated rings. The van der Waals surface area contributed by atoms with Gasteiger partial charge < -0.3 is 0 Å². The van der Waals surface area contributed by atoms with Gasteiger partial charge in [0, 0.05) is 12.3 Å². The predicted octanol–water partition coefficient (Wildman–Crippen LogP) is 3.22. The van der Waals surface area contributed by atoms with Crippen LogP contribution in [0.15, 0.2) is 30.3 Å². The molecule has 0 saturated carbocycles. The van der Waals surface area contributed by atoms with Crippen LogP contribution in [0.3, 0.4) is 0 Å². The highest BCUT2D eigenvalue weighted by molar-refractivity contribution is 7.96. The summed E-state index contributed by atoms with van der Waals surface area (Å²) in [5.74, 6) is 1.06. The van der Waals surface area contributed by atoms with Crippen LogP contribution in [0, 0.1) is 0 Å². The molecule has 0 aliphatic heterocycles. The van der Waals surface area contributed by atoms with Gasteiger partial charge in [-0.3, -0.25) is 4.72 Å². The molecular weight excluding hydrogens is 178 g/mol. The molecule has 0 bridgehead atoms. The van der Waals surface area contributed by atoms with Gasteiger partial charge in [-0.05, 0) is 12.0 Å². The highest BCUT2D eigenvalue weighted by Crippen LogP contribution is 2.07. The summed E-state index contributed by atoms with van der Waals surface area (Å²) in [6, 6.07) is 10.5. The lowest BCUT2D eigenvalue weighted by atomic mass is 10.2. The standard InChI is InChI=1S/C11H17NS/c1-2-3-9-12-13-10-11-7-5-4-6-8-11/h4-8,12H,2-3,9-10H2,1H3. The highest BCUT2D eigenvalue weighted by atomic mass is 32.2. The van der Waals surface area contributed by atoms with E-state index in [1.54, 1.807) is 11.9 Å². The molecule has 0 heterocycles. The molecule has 0 aliphatic rings. The first-order valence-electron chi connectivity index (χ1n) is 4.82. The second kappa shape index (κ2) is 6.98. The molecule has 1 aromatic rings. The van der Waals surface area contributed by atoms with Crippen molar-refractivity contribution in [3.8, 4) is 0 Å². The van der Waals surface area contributed by atoms with E-state index in [2.05, 4.69) is 42.0 Å². The van der Waals surface area contributed by atoms with Gasteiger partial charge in [-0.25, -0.2) is 0 Å². The maximum atomic E-state index is 3.35. The summed E-state index contributed by atoms with van der Waals surface area (Å²) in [6.07, 6.45) is 2.53. The number of hydrogen-bond acceptors (Lipinski definition) is 2. The lowest BCUT2D eigenvalue weighted by molar-refractivity contribution is 0.776. The van der Waals surface area contributed by atoms with Crippen molar-refractivity contribution in [3.05, 3.63) is 35.9 Å². The first kappa shape index (κ1) is 10.6. The third kappa shape index (κ3) is 4.96. The normalized spacial score (nSPS) is 10.2. The fourth-order valence-corrected chi connectivity index (χ4v) is 1.78. The topological polar surface area (TPSA) is 12.0 Å². The van der Waals surface area contributed by atoms with Gasteiger partial charge in [0.05, 0.1) is 0 Å². The van der Waals surface area contributed by atoms with Gasteiger partial charge in [-0.2, -0.15) is 0 Å². The molecule has 0 aromatic heterocycles. The van der Waals surface area contributed by atoms with Crippen LogP contribution in [-0.2, 0) is 5.75 Å². The first-order chi connectivity index (χ1) is 6.43. The number of hydrogen-bond donors (Lipinski definition) is 1. The Morgan fingerprint density at radius 2 is 2.00 bits per heavy atom. The molecule has 1 rings (SSSR count). The summed E-state index contributed by atoms with van der Waals surface area (Å²) in [7, 11) is 0. The van der Waals surface area contributed by atoms with E-state index in [-0.39, 0.29) is 0 Å². The Kier molecular flexibility index (Phi) is 5.70. The van der Waals surface area contributed by atoms with Gasteiger partial charge in [0.1, 0.15) is 0 Å². The lowest BCUT2D eigenvalue weighted by Crippen LogP contribution is -2.05. The van der Waals surface area contributed by atoms with E-state index in [0.717, 1.165) is 12.3 Å². The quantitative estimate of drug-likeness (QED) is 0.552. The van der Waals surface area contributed by atoms with Crippen LogP contribution in [0.4, 0.5) is 0 Å².